The average Bonchev–Trinajstić information content (AvgIpc) is 3.03. The van der Waals surface area contributed by atoms with Crippen LogP contribution in [0.5, 0.6) is 0 Å². The third kappa shape index (κ3) is 3.27. The maximum absolute atomic E-state index is 4.64. The quantitative estimate of drug-likeness (QED) is 0.514. The van der Waals surface area contributed by atoms with Gasteiger partial charge in [0.25, 0.3) is 0 Å². The molecule has 0 saturated carbocycles. The first-order valence-corrected chi connectivity index (χ1v) is 8.97. The fourth-order valence-electron chi connectivity index (χ4n) is 3.42. The van der Waals surface area contributed by atoms with Gasteiger partial charge >= 0.3 is 0 Å². The fraction of sp³-hybridized carbons (Fsp3) is 0.273. The van der Waals surface area contributed by atoms with Crippen LogP contribution in [0, 0.1) is 5.92 Å². The molecule has 0 radical (unpaired) electrons. The lowest BCUT2D eigenvalue weighted by Crippen LogP contribution is -2.03. The normalized spacial score (nSPS) is 11.6. The van der Waals surface area contributed by atoms with Gasteiger partial charge in [-0.25, -0.2) is 4.98 Å². The van der Waals surface area contributed by atoms with E-state index in [4.69, 9.17) is 0 Å². The maximum Gasteiger partial charge on any atom is 0.107 e. The highest BCUT2D eigenvalue weighted by atomic mass is 15.0. The number of benzene rings is 2. The Kier molecular flexibility index (Phi) is 4.22. The summed E-state index contributed by atoms with van der Waals surface area (Å²) in [7, 11) is 0. The largest absolute Gasteiger partial charge is 0.330 e. The number of imidazole rings is 1. The molecule has 0 atom stereocenters. The molecule has 0 saturated heterocycles. The van der Waals surface area contributed by atoms with Gasteiger partial charge in [0.05, 0.1) is 23.6 Å². The summed E-state index contributed by atoms with van der Waals surface area (Å²) in [5, 5.41) is 1.19. The molecule has 0 bridgehead atoms. The predicted octanol–water partition coefficient (Wildman–Crippen LogP) is 5.03. The van der Waals surface area contributed by atoms with Gasteiger partial charge in [-0.3, -0.25) is 4.98 Å². The Balaban J connectivity index is 1.67. The third-order valence-electron chi connectivity index (χ3n) is 4.62. The molecular formula is C22H23N3. The van der Waals surface area contributed by atoms with Crippen LogP contribution < -0.4 is 0 Å². The molecule has 0 unspecified atom stereocenters. The summed E-state index contributed by atoms with van der Waals surface area (Å²) in [6, 6.07) is 17.3. The minimum atomic E-state index is 0.589. The summed E-state index contributed by atoms with van der Waals surface area (Å²) in [5.41, 5.74) is 5.95. The highest BCUT2D eigenvalue weighted by Gasteiger charge is 2.10. The second kappa shape index (κ2) is 6.67. The van der Waals surface area contributed by atoms with E-state index in [1.165, 1.54) is 22.0 Å². The van der Waals surface area contributed by atoms with Crippen LogP contribution in [0.4, 0.5) is 0 Å². The van der Waals surface area contributed by atoms with Crippen LogP contribution in [0.1, 0.15) is 25.0 Å². The van der Waals surface area contributed by atoms with Gasteiger partial charge < -0.3 is 4.57 Å². The van der Waals surface area contributed by atoms with Gasteiger partial charge in [0.2, 0.25) is 0 Å². The maximum atomic E-state index is 4.64. The van der Waals surface area contributed by atoms with Gasteiger partial charge in [0, 0.05) is 11.9 Å². The van der Waals surface area contributed by atoms with Crippen LogP contribution in [-0.2, 0) is 19.4 Å². The molecule has 126 valence electrons. The highest BCUT2D eigenvalue weighted by Crippen LogP contribution is 2.25. The van der Waals surface area contributed by atoms with Crippen LogP contribution in [0.25, 0.3) is 21.9 Å². The number of pyridine rings is 1. The van der Waals surface area contributed by atoms with E-state index in [1.54, 1.807) is 0 Å². The van der Waals surface area contributed by atoms with Crippen LogP contribution in [0.3, 0.4) is 0 Å². The van der Waals surface area contributed by atoms with Gasteiger partial charge in [-0.1, -0.05) is 56.3 Å². The first kappa shape index (κ1) is 15.8. The molecule has 0 fully saturated rings. The van der Waals surface area contributed by atoms with Crippen LogP contribution in [-0.4, -0.2) is 14.5 Å². The first-order chi connectivity index (χ1) is 12.2. The Bertz CT molecular complexity index is 1000. The topological polar surface area (TPSA) is 30.7 Å². The Labute approximate surface area is 148 Å². The average molecular weight is 329 g/mol. The second-order valence-corrected chi connectivity index (χ2v) is 7.12. The molecule has 3 heteroatoms. The summed E-state index contributed by atoms with van der Waals surface area (Å²) >= 11 is 0. The smallest absolute Gasteiger partial charge is 0.107 e. The summed E-state index contributed by atoms with van der Waals surface area (Å²) < 4.78 is 2.26. The molecule has 0 aliphatic rings. The Morgan fingerprint density at radius 2 is 1.68 bits per heavy atom. The molecule has 0 aliphatic heterocycles. The summed E-state index contributed by atoms with van der Waals surface area (Å²) in [5.74, 6) is 0.589. The van der Waals surface area contributed by atoms with E-state index in [1.807, 2.05) is 12.5 Å². The number of hydrogen-bond acceptors (Lipinski definition) is 2. The van der Waals surface area contributed by atoms with Crippen molar-refractivity contribution >= 4 is 21.9 Å². The first-order valence-electron chi connectivity index (χ1n) is 8.97. The zero-order chi connectivity index (χ0) is 17.2. The molecule has 0 aliphatic carbocycles. The van der Waals surface area contributed by atoms with Crippen molar-refractivity contribution in [1.82, 2.24) is 14.5 Å². The van der Waals surface area contributed by atoms with Crippen LogP contribution in [0.2, 0.25) is 0 Å². The monoisotopic (exact) mass is 329 g/mol. The molecule has 25 heavy (non-hydrogen) atoms. The zero-order valence-electron chi connectivity index (χ0n) is 14.8. The van der Waals surface area contributed by atoms with E-state index < -0.39 is 0 Å². The Morgan fingerprint density at radius 3 is 2.48 bits per heavy atom. The molecule has 2 aromatic heterocycles. The lowest BCUT2D eigenvalue weighted by atomic mass is 10.0. The predicted molar refractivity (Wildman–Crippen MR) is 104 cm³/mol. The van der Waals surface area contributed by atoms with Crippen molar-refractivity contribution in [1.29, 1.82) is 0 Å². The van der Waals surface area contributed by atoms with Gasteiger partial charge in [0.1, 0.15) is 5.52 Å². The van der Waals surface area contributed by atoms with Gasteiger partial charge in [-0.15, -0.1) is 0 Å². The Hall–Kier alpha value is -2.68. The van der Waals surface area contributed by atoms with E-state index in [0.717, 1.165) is 30.4 Å². The molecule has 4 rings (SSSR count). The Morgan fingerprint density at radius 1 is 0.880 bits per heavy atom. The fourth-order valence-corrected chi connectivity index (χ4v) is 3.42. The van der Waals surface area contributed by atoms with E-state index >= 15 is 0 Å². The third-order valence-corrected chi connectivity index (χ3v) is 4.62. The van der Waals surface area contributed by atoms with Crippen molar-refractivity contribution in [2.24, 2.45) is 5.92 Å². The molecule has 2 heterocycles. The molecule has 0 amide bonds. The number of aromatic nitrogens is 3. The van der Waals surface area contributed by atoms with Gasteiger partial charge in [-0.2, -0.15) is 0 Å². The number of fused-ring (bicyclic) bond motifs is 3. The minimum Gasteiger partial charge on any atom is -0.330 e. The van der Waals surface area contributed by atoms with E-state index in [-0.39, 0.29) is 0 Å². The van der Waals surface area contributed by atoms with Crippen molar-refractivity contribution < 1.29 is 0 Å². The highest BCUT2D eigenvalue weighted by molar-refractivity contribution is 6.02. The number of hydrogen-bond donors (Lipinski definition) is 0. The number of rotatable bonds is 5. The van der Waals surface area contributed by atoms with Crippen molar-refractivity contribution in [2.45, 2.75) is 33.2 Å². The zero-order valence-corrected chi connectivity index (χ0v) is 14.8. The van der Waals surface area contributed by atoms with E-state index in [0.29, 0.717) is 5.92 Å². The van der Waals surface area contributed by atoms with Gasteiger partial charge in [-0.05, 0) is 36.0 Å². The van der Waals surface area contributed by atoms with Crippen molar-refractivity contribution in [3.63, 3.8) is 0 Å². The van der Waals surface area contributed by atoms with Crippen molar-refractivity contribution in [3.8, 4) is 0 Å². The lowest BCUT2D eigenvalue weighted by molar-refractivity contribution is 0.533. The molecule has 4 aromatic rings. The standard InChI is InChI=1S/C22H23N3/c1-16(2)14-25-15-24-21-13-23-20-12-18(10-11-19(20)22(21)25)9-8-17-6-4-3-5-7-17/h3-7,10-13,15-16H,8-9,14H2,1-2H3. The molecular weight excluding hydrogens is 306 g/mol. The lowest BCUT2D eigenvalue weighted by Gasteiger charge is -2.10. The summed E-state index contributed by atoms with van der Waals surface area (Å²) in [6.45, 7) is 5.44. The number of nitrogens with zero attached hydrogens (tertiary/aromatic N) is 3. The second-order valence-electron chi connectivity index (χ2n) is 7.12. The van der Waals surface area contributed by atoms with Crippen molar-refractivity contribution in [2.75, 3.05) is 0 Å². The summed E-state index contributed by atoms with van der Waals surface area (Å²) in [6.07, 6.45) is 5.93. The van der Waals surface area contributed by atoms with Crippen molar-refractivity contribution in [3.05, 3.63) is 72.2 Å². The molecule has 0 spiro atoms. The SMILES string of the molecule is CC(C)Cn1cnc2cnc3cc(CCc4ccccc4)ccc3c21. The summed E-state index contributed by atoms with van der Waals surface area (Å²) in [4.78, 5) is 9.16. The molecule has 2 aromatic carbocycles. The van der Waals surface area contributed by atoms with Gasteiger partial charge in [0.15, 0.2) is 0 Å². The number of aryl methyl sites for hydroxylation is 2. The van der Waals surface area contributed by atoms with Crippen LogP contribution >= 0.6 is 0 Å². The van der Waals surface area contributed by atoms with E-state index in [9.17, 15) is 0 Å². The molecule has 3 nitrogen and oxygen atoms in total. The van der Waals surface area contributed by atoms with E-state index in [2.05, 4.69) is 76.9 Å². The van der Waals surface area contributed by atoms with Crippen LogP contribution in [0.15, 0.2) is 61.1 Å². The minimum absolute atomic E-state index is 0.589. The molecule has 0 N–H and O–H groups in total.